The molecule has 0 fully saturated rings. The SMILES string of the molecule is Cc1cc(CCC(=O)O)c(C)c(Br)c1O. The second-order valence-corrected chi connectivity index (χ2v) is 4.33. The van der Waals surface area contributed by atoms with Crippen LogP contribution in [0.15, 0.2) is 10.5 Å². The maximum Gasteiger partial charge on any atom is 0.303 e. The summed E-state index contributed by atoms with van der Waals surface area (Å²) in [4.78, 5) is 10.5. The number of aromatic hydroxyl groups is 1. The molecule has 2 N–H and O–H groups in total. The summed E-state index contributed by atoms with van der Waals surface area (Å²) in [5.74, 6) is -0.581. The largest absolute Gasteiger partial charge is 0.506 e. The van der Waals surface area contributed by atoms with Crippen molar-refractivity contribution in [3.63, 3.8) is 0 Å². The number of hydrogen-bond acceptors (Lipinski definition) is 2. The molecule has 0 amide bonds. The lowest BCUT2D eigenvalue weighted by atomic mass is 10.0. The highest BCUT2D eigenvalue weighted by Crippen LogP contribution is 2.33. The monoisotopic (exact) mass is 272 g/mol. The second-order valence-electron chi connectivity index (χ2n) is 3.53. The summed E-state index contributed by atoms with van der Waals surface area (Å²) in [5.41, 5.74) is 2.62. The van der Waals surface area contributed by atoms with Gasteiger partial charge in [-0.2, -0.15) is 0 Å². The summed E-state index contributed by atoms with van der Waals surface area (Å²) in [5, 5.41) is 18.2. The van der Waals surface area contributed by atoms with E-state index in [0.29, 0.717) is 10.9 Å². The van der Waals surface area contributed by atoms with Crippen molar-refractivity contribution in [3.8, 4) is 5.75 Å². The minimum Gasteiger partial charge on any atom is -0.506 e. The zero-order chi connectivity index (χ0) is 11.6. The minimum atomic E-state index is -0.809. The van der Waals surface area contributed by atoms with Gasteiger partial charge in [0.05, 0.1) is 4.47 Å². The summed E-state index contributed by atoms with van der Waals surface area (Å²) in [6.07, 6.45) is 0.596. The Kier molecular flexibility index (Phi) is 3.74. The van der Waals surface area contributed by atoms with Gasteiger partial charge in [0, 0.05) is 6.42 Å². The van der Waals surface area contributed by atoms with Gasteiger partial charge in [0.15, 0.2) is 0 Å². The van der Waals surface area contributed by atoms with E-state index in [1.54, 1.807) is 6.92 Å². The van der Waals surface area contributed by atoms with Crippen LogP contribution in [-0.4, -0.2) is 16.2 Å². The topological polar surface area (TPSA) is 57.5 Å². The quantitative estimate of drug-likeness (QED) is 0.890. The molecule has 0 aliphatic rings. The van der Waals surface area contributed by atoms with Gasteiger partial charge in [-0.05, 0) is 52.9 Å². The van der Waals surface area contributed by atoms with Crippen LogP contribution in [-0.2, 0) is 11.2 Å². The zero-order valence-corrected chi connectivity index (χ0v) is 10.3. The van der Waals surface area contributed by atoms with E-state index in [1.165, 1.54) is 0 Å². The zero-order valence-electron chi connectivity index (χ0n) is 8.67. The van der Waals surface area contributed by atoms with Crippen LogP contribution in [0.25, 0.3) is 0 Å². The molecule has 3 nitrogen and oxygen atoms in total. The van der Waals surface area contributed by atoms with E-state index in [1.807, 2.05) is 13.0 Å². The summed E-state index contributed by atoms with van der Waals surface area (Å²) >= 11 is 3.29. The molecule has 0 atom stereocenters. The fourth-order valence-corrected chi connectivity index (χ4v) is 2.00. The molecular formula is C11H13BrO3. The van der Waals surface area contributed by atoms with E-state index in [4.69, 9.17) is 5.11 Å². The van der Waals surface area contributed by atoms with Gasteiger partial charge >= 0.3 is 5.97 Å². The number of phenolic OH excluding ortho intramolecular Hbond substituents is 1. The van der Waals surface area contributed by atoms with Crippen molar-refractivity contribution in [1.29, 1.82) is 0 Å². The summed E-state index contributed by atoms with van der Waals surface area (Å²) in [7, 11) is 0. The minimum absolute atomic E-state index is 0.109. The molecule has 1 aromatic rings. The number of rotatable bonds is 3. The lowest BCUT2D eigenvalue weighted by Gasteiger charge is -2.10. The lowest BCUT2D eigenvalue weighted by molar-refractivity contribution is -0.136. The molecule has 0 aliphatic heterocycles. The van der Waals surface area contributed by atoms with Crippen molar-refractivity contribution in [2.45, 2.75) is 26.7 Å². The number of carboxylic acid groups (broad SMARTS) is 1. The number of aryl methyl sites for hydroxylation is 2. The molecule has 0 aromatic heterocycles. The molecular weight excluding hydrogens is 260 g/mol. The Balaban J connectivity index is 3.04. The van der Waals surface area contributed by atoms with Crippen LogP contribution >= 0.6 is 15.9 Å². The third-order valence-corrected chi connectivity index (χ3v) is 3.36. The van der Waals surface area contributed by atoms with Crippen LogP contribution in [0.2, 0.25) is 0 Å². The van der Waals surface area contributed by atoms with Gasteiger partial charge < -0.3 is 10.2 Å². The number of carboxylic acids is 1. The maximum absolute atomic E-state index is 10.5. The molecule has 4 heteroatoms. The Labute approximate surface area is 96.9 Å². The number of carbonyl (C=O) groups is 1. The average Bonchev–Trinajstić information content (AvgIpc) is 2.18. The van der Waals surface area contributed by atoms with Gasteiger partial charge in [0.25, 0.3) is 0 Å². The van der Waals surface area contributed by atoms with E-state index in [-0.39, 0.29) is 12.2 Å². The van der Waals surface area contributed by atoms with Crippen LogP contribution in [0.1, 0.15) is 23.1 Å². The summed E-state index contributed by atoms with van der Waals surface area (Å²) < 4.78 is 0.655. The highest BCUT2D eigenvalue weighted by Gasteiger charge is 2.11. The molecule has 1 aromatic carbocycles. The highest BCUT2D eigenvalue weighted by atomic mass is 79.9. The normalized spacial score (nSPS) is 10.3. The van der Waals surface area contributed by atoms with Crippen molar-refractivity contribution >= 4 is 21.9 Å². The Bertz CT molecular complexity index is 399. The molecule has 0 heterocycles. The van der Waals surface area contributed by atoms with E-state index in [2.05, 4.69) is 15.9 Å². The van der Waals surface area contributed by atoms with Gasteiger partial charge in [-0.3, -0.25) is 4.79 Å². The molecule has 0 radical (unpaired) electrons. The van der Waals surface area contributed by atoms with Crippen molar-refractivity contribution in [2.75, 3.05) is 0 Å². The molecule has 0 aliphatic carbocycles. The molecule has 1 rings (SSSR count). The molecule has 0 unspecified atom stereocenters. The average molecular weight is 273 g/mol. The van der Waals surface area contributed by atoms with Crippen LogP contribution < -0.4 is 0 Å². The first-order valence-electron chi connectivity index (χ1n) is 4.62. The molecule has 82 valence electrons. The van der Waals surface area contributed by atoms with Gasteiger partial charge in [-0.1, -0.05) is 6.07 Å². The van der Waals surface area contributed by atoms with Gasteiger partial charge in [-0.15, -0.1) is 0 Å². The molecule has 0 spiro atoms. The Morgan fingerprint density at radius 1 is 1.47 bits per heavy atom. The number of aliphatic carboxylic acids is 1. The highest BCUT2D eigenvalue weighted by molar-refractivity contribution is 9.10. The van der Waals surface area contributed by atoms with Crippen molar-refractivity contribution in [1.82, 2.24) is 0 Å². The third-order valence-electron chi connectivity index (χ3n) is 2.39. The summed E-state index contributed by atoms with van der Waals surface area (Å²) in [6.45, 7) is 3.66. The Morgan fingerprint density at radius 3 is 2.60 bits per heavy atom. The number of phenols is 1. The van der Waals surface area contributed by atoms with E-state index in [0.717, 1.165) is 16.7 Å². The first-order chi connectivity index (χ1) is 6.93. The number of halogens is 1. The molecule has 0 saturated carbocycles. The number of hydrogen-bond donors (Lipinski definition) is 2. The van der Waals surface area contributed by atoms with E-state index >= 15 is 0 Å². The second kappa shape index (κ2) is 4.66. The predicted octanol–water partition coefficient (Wildman–Crippen LogP) is 2.79. The standard InChI is InChI=1S/C11H13BrO3/c1-6-5-8(3-4-9(13)14)7(2)10(12)11(6)15/h5,15H,3-4H2,1-2H3,(H,13,14). The molecule has 0 bridgehead atoms. The van der Waals surface area contributed by atoms with E-state index < -0.39 is 5.97 Å². The van der Waals surface area contributed by atoms with E-state index in [9.17, 15) is 9.90 Å². The fourth-order valence-electron chi connectivity index (χ4n) is 1.43. The van der Waals surface area contributed by atoms with Crippen LogP contribution in [0.4, 0.5) is 0 Å². The van der Waals surface area contributed by atoms with Crippen LogP contribution in [0.3, 0.4) is 0 Å². The van der Waals surface area contributed by atoms with Crippen LogP contribution in [0.5, 0.6) is 5.75 Å². The number of benzene rings is 1. The van der Waals surface area contributed by atoms with Gasteiger partial charge in [0.1, 0.15) is 5.75 Å². The lowest BCUT2D eigenvalue weighted by Crippen LogP contribution is -2.00. The van der Waals surface area contributed by atoms with Crippen molar-refractivity contribution in [2.24, 2.45) is 0 Å². The third kappa shape index (κ3) is 2.72. The maximum atomic E-state index is 10.5. The Hall–Kier alpha value is -1.03. The molecule has 15 heavy (non-hydrogen) atoms. The van der Waals surface area contributed by atoms with Gasteiger partial charge in [0.2, 0.25) is 0 Å². The fraction of sp³-hybridized carbons (Fsp3) is 0.364. The smallest absolute Gasteiger partial charge is 0.303 e. The van der Waals surface area contributed by atoms with Gasteiger partial charge in [-0.25, -0.2) is 0 Å². The first-order valence-corrected chi connectivity index (χ1v) is 5.42. The van der Waals surface area contributed by atoms with Crippen LogP contribution in [0, 0.1) is 13.8 Å². The predicted molar refractivity (Wildman–Crippen MR) is 61.2 cm³/mol. The van der Waals surface area contributed by atoms with Crippen molar-refractivity contribution < 1.29 is 15.0 Å². The Morgan fingerprint density at radius 2 is 2.07 bits per heavy atom. The summed E-state index contributed by atoms with van der Waals surface area (Å²) in [6, 6.07) is 1.83. The van der Waals surface area contributed by atoms with Crippen molar-refractivity contribution in [3.05, 3.63) is 27.2 Å². The first kappa shape index (κ1) is 12.0. The molecule has 0 saturated heterocycles.